The maximum absolute atomic E-state index is 10.7. The van der Waals surface area contributed by atoms with Gasteiger partial charge in [-0.15, -0.1) is 0 Å². The fraction of sp³-hybridized carbons (Fsp3) is 0.417. The van der Waals surface area contributed by atoms with E-state index in [-0.39, 0.29) is 5.84 Å². The van der Waals surface area contributed by atoms with Gasteiger partial charge in [-0.2, -0.15) is 4.40 Å². The van der Waals surface area contributed by atoms with Crippen LogP contribution in [0.3, 0.4) is 0 Å². The molecule has 0 bridgehead atoms. The predicted molar refractivity (Wildman–Crippen MR) is 79.0 cm³/mol. The second kappa shape index (κ2) is 7.10. The Balaban J connectivity index is 3.20. The summed E-state index contributed by atoms with van der Waals surface area (Å²) in [5.41, 5.74) is 7.80. The van der Waals surface area contributed by atoms with Gasteiger partial charge in [0.1, 0.15) is 5.84 Å². The zero-order valence-electron chi connectivity index (χ0n) is 11.3. The van der Waals surface area contributed by atoms with Gasteiger partial charge in [0.05, 0.1) is 16.8 Å². The molecule has 6 nitrogen and oxygen atoms in total. The Labute approximate surface area is 115 Å². The van der Waals surface area contributed by atoms with Crippen LogP contribution in [0, 0.1) is 5.92 Å². The molecular weight excluding hydrogens is 264 g/mol. The monoisotopic (exact) mass is 283 g/mol. The minimum absolute atomic E-state index is 0.0375. The van der Waals surface area contributed by atoms with E-state index >= 15 is 0 Å². The highest BCUT2D eigenvalue weighted by atomic mass is 32.2. The average Bonchev–Trinajstić information content (AvgIpc) is 2.34. The highest BCUT2D eigenvalue weighted by molar-refractivity contribution is 7.77. The van der Waals surface area contributed by atoms with Crippen LogP contribution < -0.4 is 16.4 Å². The summed E-state index contributed by atoms with van der Waals surface area (Å²) in [5, 5.41) is 6.22. The third-order valence-corrected chi connectivity index (χ3v) is 2.81. The summed E-state index contributed by atoms with van der Waals surface area (Å²) in [7, 11) is 1.74. The average molecular weight is 283 g/mol. The summed E-state index contributed by atoms with van der Waals surface area (Å²) >= 11 is -2.57. The maximum atomic E-state index is 10.7. The summed E-state index contributed by atoms with van der Waals surface area (Å²) < 4.78 is 24.7. The van der Waals surface area contributed by atoms with Gasteiger partial charge in [0.15, 0.2) is 0 Å². The smallest absolute Gasteiger partial charge is 0.144 e. The SMILES string of the molecule is CNc1cccc(NCC(C)C)c1C(N)=NS(=O)[O-]. The molecule has 106 valence electrons. The van der Waals surface area contributed by atoms with E-state index in [1.807, 2.05) is 18.2 Å². The number of benzene rings is 1. The first-order valence-corrected chi connectivity index (χ1v) is 6.97. The van der Waals surface area contributed by atoms with Gasteiger partial charge in [0.2, 0.25) is 0 Å². The van der Waals surface area contributed by atoms with Crippen molar-refractivity contribution in [2.24, 2.45) is 16.0 Å². The van der Waals surface area contributed by atoms with Gasteiger partial charge in [-0.1, -0.05) is 19.9 Å². The van der Waals surface area contributed by atoms with Gasteiger partial charge < -0.3 is 20.9 Å². The molecule has 1 atom stereocenters. The zero-order valence-corrected chi connectivity index (χ0v) is 12.1. The Morgan fingerprint density at radius 3 is 2.63 bits per heavy atom. The number of nitrogens with two attached hydrogens (primary N) is 1. The fourth-order valence-electron chi connectivity index (χ4n) is 1.62. The van der Waals surface area contributed by atoms with Gasteiger partial charge in [0, 0.05) is 25.0 Å². The van der Waals surface area contributed by atoms with Crippen molar-refractivity contribution in [1.29, 1.82) is 0 Å². The molecule has 7 heteroatoms. The number of rotatable bonds is 6. The Morgan fingerprint density at radius 2 is 2.11 bits per heavy atom. The largest absolute Gasteiger partial charge is 0.754 e. The summed E-state index contributed by atoms with van der Waals surface area (Å²) in [4.78, 5) is 0. The van der Waals surface area contributed by atoms with E-state index in [0.29, 0.717) is 11.5 Å². The third-order valence-electron chi connectivity index (χ3n) is 2.46. The van der Waals surface area contributed by atoms with Crippen molar-refractivity contribution in [1.82, 2.24) is 0 Å². The molecular formula is C12H19N4O2S-. The van der Waals surface area contributed by atoms with Gasteiger partial charge in [-0.25, -0.2) is 0 Å². The molecule has 0 radical (unpaired) electrons. The van der Waals surface area contributed by atoms with Crippen molar-refractivity contribution in [3.8, 4) is 0 Å². The molecule has 0 aliphatic rings. The lowest BCUT2D eigenvalue weighted by molar-refractivity contribution is 0.539. The number of hydrogen-bond acceptors (Lipinski definition) is 4. The second-order valence-electron chi connectivity index (χ2n) is 4.45. The maximum Gasteiger partial charge on any atom is 0.144 e. The Bertz CT molecular complexity index is 489. The third kappa shape index (κ3) is 4.53. The molecule has 1 aromatic rings. The van der Waals surface area contributed by atoms with E-state index in [0.717, 1.165) is 17.9 Å². The highest BCUT2D eigenvalue weighted by Gasteiger charge is 2.11. The summed E-state index contributed by atoms with van der Waals surface area (Å²) in [6, 6.07) is 5.51. The number of amidine groups is 1. The molecule has 19 heavy (non-hydrogen) atoms. The van der Waals surface area contributed by atoms with Crippen molar-refractivity contribution in [2.75, 3.05) is 24.2 Å². The molecule has 0 spiro atoms. The lowest BCUT2D eigenvalue weighted by Crippen LogP contribution is -2.20. The van der Waals surface area contributed by atoms with Crippen molar-refractivity contribution in [2.45, 2.75) is 13.8 Å². The van der Waals surface area contributed by atoms with Gasteiger partial charge in [0.25, 0.3) is 0 Å². The van der Waals surface area contributed by atoms with E-state index in [1.165, 1.54) is 0 Å². The molecule has 0 fully saturated rings. The molecule has 0 saturated heterocycles. The molecule has 1 unspecified atom stereocenters. The van der Waals surface area contributed by atoms with Gasteiger partial charge in [-0.3, -0.25) is 4.21 Å². The van der Waals surface area contributed by atoms with Crippen LogP contribution in [0.4, 0.5) is 11.4 Å². The van der Waals surface area contributed by atoms with Crippen LogP contribution in [0.25, 0.3) is 0 Å². The first kappa shape index (κ1) is 15.5. The minimum Gasteiger partial charge on any atom is -0.754 e. The predicted octanol–water partition coefficient (Wildman–Crippen LogP) is 1.30. The molecule has 0 aliphatic heterocycles. The summed E-state index contributed by atoms with van der Waals surface area (Å²) in [6.45, 7) is 4.92. The number of hydrogen-bond donors (Lipinski definition) is 3. The number of nitrogens with zero attached hydrogens (tertiary/aromatic N) is 1. The van der Waals surface area contributed by atoms with E-state index < -0.39 is 11.3 Å². The van der Waals surface area contributed by atoms with Crippen molar-refractivity contribution < 1.29 is 8.76 Å². The van der Waals surface area contributed by atoms with E-state index in [9.17, 15) is 8.76 Å². The van der Waals surface area contributed by atoms with Crippen LogP contribution in [0.1, 0.15) is 19.4 Å². The van der Waals surface area contributed by atoms with Gasteiger partial charge >= 0.3 is 0 Å². The molecule has 0 saturated carbocycles. The molecule has 0 aliphatic carbocycles. The lowest BCUT2D eigenvalue weighted by atomic mass is 10.1. The summed E-state index contributed by atoms with van der Waals surface area (Å²) in [5.74, 6) is 0.419. The van der Waals surface area contributed by atoms with E-state index in [4.69, 9.17) is 5.73 Å². The Kier molecular flexibility index (Phi) is 5.78. The number of nitrogens with one attached hydrogen (secondary N) is 2. The van der Waals surface area contributed by atoms with Crippen LogP contribution >= 0.6 is 0 Å². The van der Waals surface area contributed by atoms with E-state index in [1.54, 1.807) is 7.05 Å². The standard InChI is InChI=1S/C12H20N4O2S/c1-8(2)7-15-10-6-4-5-9(14-3)11(10)12(13)16-19(17)18/h4-6,8,14-15H,7H2,1-3H3,(H2,13,16)(H,17,18)/p-1. The molecule has 0 aromatic heterocycles. The number of anilines is 2. The van der Waals surface area contributed by atoms with Crippen molar-refractivity contribution in [3.05, 3.63) is 23.8 Å². The van der Waals surface area contributed by atoms with Crippen LogP contribution in [0.2, 0.25) is 0 Å². The van der Waals surface area contributed by atoms with Crippen LogP contribution in [0.15, 0.2) is 22.6 Å². The van der Waals surface area contributed by atoms with Crippen LogP contribution in [-0.2, 0) is 11.3 Å². The molecule has 4 N–H and O–H groups in total. The van der Waals surface area contributed by atoms with Crippen molar-refractivity contribution in [3.63, 3.8) is 0 Å². The highest BCUT2D eigenvalue weighted by Crippen LogP contribution is 2.24. The lowest BCUT2D eigenvalue weighted by Gasteiger charge is -2.17. The van der Waals surface area contributed by atoms with Crippen molar-refractivity contribution >= 4 is 28.5 Å². The Morgan fingerprint density at radius 1 is 1.47 bits per heavy atom. The normalized spacial score (nSPS) is 13.4. The van der Waals surface area contributed by atoms with E-state index in [2.05, 4.69) is 28.9 Å². The van der Waals surface area contributed by atoms with Gasteiger partial charge in [-0.05, 0) is 18.1 Å². The Hall–Kier alpha value is -1.60. The molecule has 0 heterocycles. The summed E-state index contributed by atoms with van der Waals surface area (Å²) in [6.07, 6.45) is 0. The fourth-order valence-corrected chi connectivity index (χ4v) is 1.88. The molecule has 1 rings (SSSR count). The van der Waals surface area contributed by atoms with Crippen LogP contribution in [-0.4, -0.2) is 28.2 Å². The molecule has 0 amide bonds. The van der Waals surface area contributed by atoms with Crippen LogP contribution in [0.5, 0.6) is 0 Å². The zero-order chi connectivity index (χ0) is 14.4. The first-order valence-electron chi connectivity index (χ1n) is 5.94. The molecule has 1 aromatic carbocycles. The topological polar surface area (TPSA) is 103 Å². The quantitative estimate of drug-likeness (QED) is 0.415. The second-order valence-corrected chi connectivity index (χ2v) is 5.06. The first-order chi connectivity index (χ1) is 8.95. The minimum atomic E-state index is -2.57.